The molecule has 6 heteroatoms. The molecule has 2 aliphatic rings. The van der Waals surface area contributed by atoms with E-state index in [-0.39, 0.29) is 11.8 Å². The average molecular weight is 363 g/mol. The first-order chi connectivity index (χ1) is 12.6. The summed E-state index contributed by atoms with van der Waals surface area (Å²) in [5, 5.41) is 0. The predicted molar refractivity (Wildman–Crippen MR) is 99.9 cm³/mol. The van der Waals surface area contributed by atoms with Crippen LogP contribution >= 0.6 is 0 Å². The third kappa shape index (κ3) is 5.34. The number of ether oxygens (including phenoxy) is 1. The number of hydrogen-bond acceptors (Lipinski definition) is 3. The maximum absolute atomic E-state index is 12.8. The first-order valence-electron chi connectivity index (χ1n) is 9.76. The van der Waals surface area contributed by atoms with Crippen molar-refractivity contribution in [2.24, 2.45) is 5.92 Å². The normalized spacial score (nSPS) is 19.6. The molecular weight excluding hydrogens is 333 g/mol. The highest BCUT2D eigenvalue weighted by molar-refractivity contribution is 5.74. The molecule has 0 bridgehead atoms. The fraction of sp³-hybridized carbons (Fsp3) is 0.650. The lowest BCUT2D eigenvalue weighted by Crippen LogP contribution is -2.54. The molecule has 2 saturated heterocycles. The van der Waals surface area contributed by atoms with Gasteiger partial charge in [-0.05, 0) is 49.4 Å². The summed E-state index contributed by atoms with van der Waals surface area (Å²) in [5.74, 6) is 1.20. The van der Waals surface area contributed by atoms with E-state index < -0.39 is 0 Å². The molecule has 2 amide bonds. The van der Waals surface area contributed by atoms with E-state index in [4.69, 9.17) is 4.74 Å². The summed E-state index contributed by atoms with van der Waals surface area (Å²) >= 11 is 0. The van der Waals surface area contributed by atoms with E-state index in [2.05, 4.69) is 11.8 Å². The Kier molecular flexibility index (Phi) is 6.72. The van der Waals surface area contributed by atoms with E-state index in [0.29, 0.717) is 12.4 Å². The molecule has 26 heavy (non-hydrogen) atoms. The van der Waals surface area contributed by atoms with E-state index in [1.54, 1.807) is 12.1 Å². The molecule has 1 aromatic carbocycles. The van der Waals surface area contributed by atoms with Gasteiger partial charge in [0.25, 0.3) is 0 Å². The minimum atomic E-state index is -0.246. The highest BCUT2D eigenvalue weighted by Gasteiger charge is 2.27. The van der Waals surface area contributed by atoms with Crippen molar-refractivity contribution < 1.29 is 13.9 Å². The molecule has 1 aromatic rings. The predicted octanol–water partition coefficient (Wildman–Crippen LogP) is 3.06. The maximum Gasteiger partial charge on any atom is 0.320 e. The molecule has 0 atom stereocenters. The summed E-state index contributed by atoms with van der Waals surface area (Å²) in [6.45, 7) is 9.12. The Hall–Kier alpha value is -1.82. The second kappa shape index (κ2) is 9.21. The minimum Gasteiger partial charge on any atom is -0.494 e. The lowest BCUT2D eigenvalue weighted by Gasteiger charge is -2.39. The number of nitrogens with zero attached hydrogens (tertiary/aromatic N) is 3. The van der Waals surface area contributed by atoms with Crippen LogP contribution in [0.3, 0.4) is 0 Å². The molecule has 3 rings (SSSR count). The zero-order chi connectivity index (χ0) is 18.4. The molecule has 144 valence electrons. The van der Waals surface area contributed by atoms with Crippen LogP contribution in [0.15, 0.2) is 24.3 Å². The van der Waals surface area contributed by atoms with E-state index >= 15 is 0 Å². The average Bonchev–Trinajstić information content (AvgIpc) is 2.67. The molecule has 0 aliphatic carbocycles. The monoisotopic (exact) mass is 363 g/mol. The number of amides is 2. The van der Waals surface area contributed by atoms with Crippen LogP contribution in [-0.4, -0.2) is 73.2 Å². The summed E-state index contributed by atoms with van der Waals surface area (Å²) in [6.07, 6.45) is 3.18. The third-order valence-corrected chi connectivity index (χ3v) is 5.40. The summed E-state index contributed by atoms with van der Waals surface area (Å²) in [5.41, 5.74) is 0. The van der Waals surface area contributed by atoms with Gasteiger partial charge in [-0.15, -0.1) is 0 Å². The molecule has 2 fully saturated rings. The first-order valence-corrected chi connectivity index (χ1v) is 9.76. The molecule has 0 aromatic heterocycles. The lowest BCUT2D eigenvalue weighted by molar-refractivity contribution is 0.100. The van der Waals surface area contributed by atoms with Gasteiger partial charge >= 0.3 is 6.03 Å². The number of halogens is 1. The number of carbonyl (C=O) groups excluding carboxylic acids is 1. The first kappa shape index (κ1) is 19.0. The van der Waals surface area contributed by atoms with Crippen molar-refractivity contribution in [2.45, 2.75) is 26.2 Å². The molecule has 0 spiro atoms. The highest BCUT2D eigenvalue weighted by atomic mass is 19.1. The van der Waals surface area contributed by atoms with Crippen LogP contribution in [0.1, 0.15) is 26.2 Å². The number of carbonyl (C=O) groups is 1. The third-order valence-electron chi connectivity index (χ3n) is 5.40. The quantitative estimate of drug-likeness (QED) is 0.755. The molecular formula is C20H30FN3O2. The number of benzene rings is 1. The van der Waals surface area contributed by atoms with Gasteiger partial charge in [-0.25, -0.2) is 9.18 Å². The van der Waals surface area contributed by atoms with Gasteiger partial charge in [0.1, 0.15) is 11.6 Å². The molecule has 0 unspecified atom stereocenters. The fourth-order valence-corrected chi connectivity index (χ4v) is 3.57. The second-order valence-electron chi connectivity index (χ2n) is 7.44. The van der Waals surface area contributed by atoms with Gasteiger partial charge in [-0.3, -0.25) is 4.90 Å². The SMILES string of the molecule is CC1CCN(C(=O)N2CCN(CCCOc3ccc(F)cc3)CC2)CC1. The Labute approximate surface area is 155 Å². The van der Waals surface area contributed by atoms with Crippen molar-refractivity contribution >= 4 is 6.03 Å². The Morgan fingerprint density at radius 2 is 1.65 bits per heavy atom. The van der Waals surface area contributed by atoms with Gasteiger partial charge in [0, 0.05) is 45.8 Å². The molecule has 2 aliphatic heterocycles. The van der Waals surface area contributed by atoms with E-state index in [1.165, 1.54) is 12.1 Å². The van der Waals surface area contributed by atoms with Gasteiger partial charge in [0.2, 0.25) is 0 Å². The largest absolute Gasteiger partial charge is 0.494 e. The Bertz CT molecular complexity index is 565. The fourth-order valence-electron chi connectivity index (χ4n) is 3.57. The number of piperazine rings is 1. The molecule has 0 N–H and O–H groups in total. The molecule has 2 heterocycles. The van der Waals surface area contributed by atoms with E-state index in [9.17, 15) is 9.18 Å². The summed E-state index contributed by atoms with van der Waals surface area (Å²) in [7, 11) is 0. The van der Waals surface area contributed by atoms with Crippen molar-refractivity contribution in [1.29, 1.82) is 0 Å². The number of hydrogen-bond donors (Lipinski definition) is 0. The summed E-state index contributed by atoms with van der Waals surface area (Å²) in [6, 6.07) is 6.35. The van der Waals surface area contributed by atoms with E-state index in [0.717, 1.165) is 71.0 Å². The minimum absolute atomic E-state index is 0.219. The van der Waals surface area contributed by atoms with Crippen LogP contribution in [-0.2, 0) is 0 Å². The smallest absolute Gasteiger partial charge is 0.320 e. The topological polar surface area (TPSA) is 36.0 Å². The van der Waals surface area contributed by atoms with Gasteiger partial charge in [0.05, 0.1) is 6.61 Å². The summed E-state index contributed by atoms with van der Waals surface area (Å²) in [4.78, 5) is 19.0. The van der Waals surface area contributed by atoms with Crippen molar-refractivity contribution in [2.75, 3.05) is 52.4 Å². The number of urea groups is 1. The van der Waals surface area contributed by atoms with Crippen LogP contribution in [0.2, 0.25) is 0 Å². The van der Waals surface area contributed by atoms with Crippen LogP contribution in [0.4, 0.5) is 9.18 Å². The number of rotatable bonds is 5. The molecule has 5 nitrogen and oxygen atoms in total. The van der Waals surface area contributed by atoms with Crippen molar-refractivity contribution in [3.8, 4) is 5.75 Å². The van der Waals surface area contributed by atoms with Crippen LogP contribution in [0.5, 0.6) is 5.75 Å². The zero-order valence-corrected chi connectivity index (χ0v) is 15.7. The highest BCUT2D eigenvalue weighted by Crippen LogP contribution is 2.18. The standard InChI is InChI=1S/C20H30FN3O2/c1-17-7-10-23(11-8-17)20(25)24-14-12-22(13-15-24)9-2-16-26-19-5-3-18(21)4-6-19/h3-6,17H,2,7-16H2,1H3. The van der Waals surface area contributed by atoms with Gasteiger partial charge in [-0.1, -0.05) is 6.92 Å². The molecule has 0 saturated carbocycles. The van der Waals surface area contributed by atoms with Crippen LogP contribution in [0.25, 0.3) is 0 Å². The van der Waals surface area contributed by atoms with Crippen molar-refractivity contribution in [3.63, 3.8) is 0 Å². The molecule has 0 radical (unpaired) electrons. The zero-order valence-electron chi connectivity index (χ0n) is 15.7. The number of piperidine rings is 1. The maximum atomic E-state index is 12.8. The van der Waals surface area contributed by atoms with Crippen LogP contribution in [0, 0.1) is 11.7 Å². The van der Waals surface area contributed by atoms with E-state index in [1.807, 2.05) is 9.80 Å². The Morgan fingerprint density at radius 3 is 2.31 bits per heavy atom. The van der Waals surface area contributed by atoms with Gasteiger partial charge in [0.15, 0.2) is 0 Å². The Morgan fingerprint density at radius 1 is 1.04 bits per heavy atom. The van der Waals surface area contributed by atoms with Gasteiger partial charge in [-0.2, -0.15) is 0 Å². The van der Waals surface area contributed by atoms with Crippen molar-refractivity contribution in [3.05, 3.63) is 30.1 Å². The second-order valence-corrected chi connectivity index (χ2v) is 7.44. The number of likely N-dealkylation sites (tertiary alicyclic amines) is 1. The van der Waals surface area contributed by atoms with Crippen molar-refractivity contribution in [1.82, 2.24) is 14.7 Å². The summed E-state index contributed by atoms with van der Waals surface area (Å²) < 4.78 is 18.5. The lowest BCUT2D eigenvalue weighted by atomic mass is 9.99. The Balaban J connectivity index is 1.31. The van der Waals surface area contributed by atoms with Gasteiger partial charge < -0.3 is 14.5 Å². The van der Waals surface area contributed by atoms with Crippen LogP contribution < -0.4 is 4.74 Å².